The van der Waals surface area contributed by atoms with Crippen molar-refractivity contribution in [3.05, 3.63) is 52.2 Å². The first-order chi connectivity index (χ1) is 12.1. The smallest absolute Gasteiger partial charge is 0.335 e. The molecule has 5 nitrogen and oxygen atoms in total. The largest absolute Gasteiger partial charge is 0.478 e. The molecule has 4 rings (SSSR count). The minimum atomic E-state index is -0.906. The van der Waals surface area contributed by atoms with Crippen molar-refractivity contribution in [2.24, 2.45) is 5.92 Å². The number of aromatic nitrogens is 2. The van der Waals surface area contributed by atoms with Crippen molar-refractivity contribution in [1.29, 1.82) is 0 Å². The van der Waals surface area contributed by atoms with Gasteiger partial charge in [-0.2, -0.15) is 0 Å². The van der Waals surface area contributed by atoms with E-state index in [1.54, 1.807) is 29.8 Å². The predicted octanol–water partition coefficient (Wildman–Crippen LogP) is 4.13. The van der Waals surface area contributed by atoms with Crippen molar-refractivity contribution in [3.63, 3.8) is 0 Å². The quantitative estimate of drug-likeness (QED) is 0.738. The van der Waals surface area contributed by atoms with Crippen molar-refractivity contribution in [3.8, 4) is 0 Å². The molecule has 1 aromatic carbocycles. The minimum absolute atomic E-state index is 0.300. The van der Waals surface area contributed by atoms with Gasteiger partial charge < -0.3 is 10.4 Å². The first kappa shape index (κ1) is 16.0. The summed E-state index contributed by atoms with van der Waals surface area (Å²) in [5.41, 5.74) is 2.73. The van der Waals surface area contributed by atoms with Crippen LogP contribution >= 0.6 is 11.3 Å². The second-order valence-electron chi connectivity index (χ2n) is 6.61. The van der Waals surface area contributed by atoms with E-state index in [-0.39, 0.29) is 0 Å². The molecule has 2 N–H and O–H groups in total. The predicted molar refractivity (Wildman–Crippen MR) is 99.3 cm³/mol. The van der Waals surface area contributed by atoms with Crippen LogP contribution in [-0.2, 0) is 19.4 Å². The second kappa shape index (κ2) is 6.44. The van der Waals surface area contributed by atoms with Gasteiger partial charge in [-0.05, 0) is 48.4 Å². The molecule has 128 valence electrons. The first-order valence-corrected chi connectivity index (χ1v) is 9.25. The number of carboxylic acids is 1. The van der Waals surface area contributed by atoms with Gasteiger partial charge in [0.1, 0.15) is 17.0 Å². The van der Waals surface area contributed by atoms with Crippen molar-refractivity contribution in [2.75, 3.05) is 5.32 Å². The topological polar surface area (TPSA) is 75.1 Å². The molecule has 0 unspecified atom stereocenters. The average Bonchev–Trinajstić information content (AvgIpc) is 2.98. The summed E-state index contributed by atoms with van der Waals surface area (Å²) < 4.78 is 0. The van der Waals surface area contributed by atoms with Gasteiger partial charge in [0, 0.05) is 11.4 Å². The summed E-state index contributed by atoms with van der Waals surface area (Å²) in [6, 6.07) is 6.92. The standard InChI is InChI=1S/C19H19N3O2S/c1-11-2-7-14-15(8-11)25-18-16(14)17(21-10-22-18)20-9-12-3-5-13(6-4-12)19(23)24/h3-6,10-11H,2,7-9H2,1H3,(H,23,24)(H,20,21,22)/t11-/m0/s1. The van der Waals surface area contributed by atoms with Gasteiger partial charge in [0.2, 0.25) is 0 Å². The summed E-state index contributed by atoms with van der Waals surface area (Å²) in [6.45, 7) is 2.91. The third-order valence-corrected chi connectivity index (χ3v) is 5.91. The fourth-order valence-electron chi connectivity index (χ4n) is 3.36. The zero-order valence-electron chi connectivity index (χ0n) is 14.0. The lowest BCUT2D eigenvalue weighted by Crippen LogP contribution is -2.09. The molecule has 0 fully saturated rings. The van der Waals surface area contributed by atoms with Crippen LogP contribution in [0.15, 0.2) is 30.6 Å². The lowest BCUT2D eigenvalue weighted by molar-refractivity contribution is 0.0697. The summed E-state index contributed by atoms with van der Waals surface area (Å²) in [4.78, 5) is 22.4. The Balaban J connectivity index is 1.60. The number of carboxylic acid groups (broad SMARTS) is 1. The molecule has 0 saturated carbocycles. The lowest BCUT2D eigenvalue weighted by atomic mass is 9.89. The number of thiophene rings is 1. The number of nitrogens with zero attached hydrogens (tertiary/aromatic N) is 2. The SMILES string of the molecule is C[C@H]1CCc2c(sc3ncnc(NCc4ccc(C(=O)O)cc4)c23)C1. The Morgan fingerprint density at radius 2 is 2.12 bits per heavy atom. The molecule has 0 radical (unpaired) electrons. The number of hydrogen-bond acceptors (Lipinski definition) is 5. The molecule has 1 aliphatic rings. The number of benzene rings is 1. The summed E-state index contributed by atoms with van der Waals surface area (Å²) in [5, 5.41) is 13.5. The van der Waals surface area contributed by atoms with Crippen LogP contribution in [0.4, 0.5) is 5.82 Å². The molecular weight excluding hydrogens is 334 g/mol. The summed E-state index contributed by atoms with van der Waals surface area (Å²) in [6.07, 6.45) is 5.05. The van der Waals surface area contributed by atoms with Crippen molar-refractivity contribution < 1.29 is 9.90 Å². The average molecular weight is 353 g/mol. The molecule has 2 aromatic heterocycles. The minimum Gasteiger partial charge on any atom is -0.478 e. The van der Waals surface area contributed by atoms with Gasteiger partial charge in [0.15, 0.2) is 0 Å². The molecule has 1 aliphatic carbocycles. The third-order valence-electron chi connectivity index (χ3n) is 4.75. The zero-order chi connectivity index (χ0) is 17.4. The molecule has 0 saturated heterocycles. The molecule has 25 heavy (non-hydrogen) atoms. The van der Waals surface area contributed by atoms with E-state index in [9.17, 15) is 4.79 Å². The van der Waals surface area contributed by atoms with E-state index >= 15 is 0 Å². The highest BCUT2D eigenvalue weighted by atomic mass is 32.1. The van der Waals surface area contributed by atoms with Crippen LogP contribution < -0.4 is 5.32 Å². The lowest BCUT2D eigenvalue weighted by Gasteiger charge is -2.18. The number of aryl methyl sites for hydroxylation is 1. The van der Waals surface area contributed by atoms with Gasteiger partial charge in [-0.25, -0.2) is 14.8 Å². The second-order valence-corrected chi connectivity index (χ2v) is 7.69. The zero-order valence-corrected chi connectivity index (χ0v) is 14.8. The summed E-state index contributed by atoms with van der Waals surface area (Å²) >= 11 is 1.79. The molecule has 0 spiro atoms. The molecule has 6 heteroatoms. The molecular formula is C19H19N3O2S. The monoisotopic (exact) mass is 353 g/mol. The van der Waals surface area contributed by atoms with E-state index in [0.29, 0.717) is 12.1 Å². The van der Waals surface area contributed by atoms with Gasteiger partial charge in [-0.1, -0.05) is 19.1 Å². The van der Waals surface area contributed by atoms with Crippen LogP contribution in [0.3, 0.4) is 0 Å². The number of fused-ring (bicyclic) bond motifs is 3. The Morgan fingerprint density at radius 1 is 1.32 bits per heavy atom. The fraction of sp³-hybridized carbons (Fsp3) is 0.316. The number of hydrogen-bond donors (Lipinski definition) is 2. The van der Waals surface area contributed by atoms with Crippen LogP contribution in [0, 0.1) is 5.92 Å². The highest BCUT2D eigenvalue weighted by molar-refractivity contribution is 7.19. The van der Waals surface area contributed by atoms with Crippen LogP contribution in [0.1, 0.15) is 39.7 Å². The maximum absolute atomic E-state index is 10.9. The number of anilines is 1. The summed E-state index contributed by atoms with van der Waals surface area (Å²) in [5.74, 6) is 0.702. The first-order valence-electron chi connectivity index (χ1n) is 8.43. The number of aromatic carboxylic acids is 1. The Morgan fingerprint density at radius 3 is 2.88 bits per heavy atom. The van der Waals surface area contributed by atoms with Crippen LogP contribution in [0.2, 0.25) is 0 Å². The van der Waals surface area contributed by atoms with Gasteiger partial charge in [0.25, 0.3) is 0 Å². The van der Waals surface area contributed by atoms with Gasteiger partial charge in [0.05, 0.1) is 10.9 Å². The van der Waals surface area contributed by atoms with Crippen LogP contribution in [0.25, 0.3) is 10.2 Å². The van der Waals surface area contributed by atoms with Crippen molar-refractivity contribution in [1.82, 2.24) is 9.97 Å². The molecule has 3 aromatic rings. The van der Waals surface area contributed by atoms with Gasteiger partial charge in [-0.15, -0.1) is 11.3 Å². The van der Waals surface area contributed by atoms with E-state index in [2.05, 4.69) is 22.2 Å². The van der Waals surface area contributed by atoms with E-state index in [4.69, 9.17) is 5.11 Å². The third kappa shape index (κ3) is 3.09. The number of nitrogens with one attached hydrogen (secondary N) is 1. The molecule has 0 bridgehead atoms. The van der Waals surface area contributed by atoms with Crippen molar-refractivity contribution in [2.45, 2.75) is 32.7 Å². The fourth-order valence-corrected chi connectivity index (χ4v) is 4.71. The number of carbonyl (C=O) groups is 1. The Labute approximate surface area is 149 Å². The maximum Gasteiger partial charge on any atom is 0.335 e. The maximum atomic E-state index is 10.9. The molecule has 0 amide bonds. The van der Waals surface area contributed by atoms with E-state index in [1.807, 2.05) is 12.1 Å². The molecule has 2 heterocycles. The Bertz CT molecular complexity index is 934. The van der Waals surface area contributed by atoms with E-state index in [0.717, 1.165) is 40.4 Å². The highest BCUT2D eigenvalue weighted by Gasteiger charge is 2.22. The van der Waals surface area contributed by atoms with Gasteiger partial charge >= 0.3 is 5.97 Å². The Hall–Kier alpha value is -2.47. The van der Waals surface area contributed by atoms with Crippen molar-refractivity contribution >= 4 is 33.3 Å². The molecule has 1 atom stereocenters. The van der Waals surface area contributed by atoms with E-state index in [1.165, 1.54) is 16.9 Å². The number of rotatable bonds is 4. The van der Waals surface area contributed by atoms with Crippen LogP contribution in [0.5, 0.6) is 0 Å². The Kier molecular flexibility index (Phi) is 4.13. The van der Waals surface area contributed by atoms with Gasteiger partial charge in [-0.3, -0.25) is 0 Å². The molecule has 0 aliphatic heterocycles. The highest BCUT2D eigenvalue weighted by Crippen LogP contribution is 2.39. The summed E-state index contributed by atoms with van der Waals surface area (Å²) in [7, 11) is 0. The normalized spacial score (nSPS) is 16.6. The van der Waals surface area contributed by atoms with E-state index < -0.39 is 5.97 Å². The van der Waals surface area contributed by atoms with Crippen LogP contribution in [-0.4, -0.2) is 21.0 Å².